The summed E-state index contributed by atoms with van der Waals surface area (Å²) in [5.41, 5.74) is 9.41. The molecule has 2 atom stereocenters. The lowest BCUT2D eigenvalue weighted by atomic mass is 9.74. The van der Waals surface area contributed by atoms with Crippen LogP contribution in [0.2, 0.25) is 0 Å². The van der Waals surface area contributed by atoms with Crippen molar-refractivity contribution in [3.8, 4) is 16.9 Å². The van der Waals surface area contributed by atoms with Crippen molar-refractivity contribution in [1.29, 1.82) is 0 Å². The number of hydrogen-bond acceptors (Lipinski definition) is 6. The van der Waals surface area contributed by atoms with E-state index in [0.717, 1.165) is 59.8 Å². The van der Waals surface area contributed by atoms with Crippen LogP contribution in [0.3, 0.4) is 0 Å². The van der Waals surface area contributed by atoms with E-state index in [4.69, 9.17) is 9.73 Å². The summed E-state index contributed by atoms with van der Waals surface area (Å²) in [6.07, 6.45) is 5.21. The monoisotopic (exact) mass is 560 g/mol. The van der Waals surface area contributed by atoms with Crippen LogP contribution in [0, 0.1) is 12.3 Å². The van der Waals surface area contributed by atoms with E-state index in [1.165, 1.54) is 29.0 Å². The van der Waals surface area contributed by atoms with E-state index >= 15 is 0 Å². The molecule has 0 amide bonds. The first-order valence-corrected chi connectivity index (χ1v) is 15.3. The number of aryl methyl sites for hydroxylation is 1. The van der Waals surface area contributed by atoms with Gasteiger partial charge in [-0.15, -0.1) is 0 Å². The highest BCUT2D eigenvalue weighted by Gasteiger charge is 2.33. The van der Waals surface area contributed by atoms with E-state index in [0.29, 0.717) is 12.6 Å². The number of fused-ring (bicyclic) bond motifs is 2. The van der Waals surface area contributed by atoms with Gasteiger partial charge in [0.05, 0.1) is 5.52 Å². The van der Waals surface area contributed by atoms with Gasteiger partial charge in [0.25, 0.3) is 0 Å². The molecule has 5 rings (SSSR count). The minimum absolute atomic E-state index is 0. The number of aliphatic imine (C=N–C) groups is 1. The van der Waals surface area contributed by atoms with Crippen LogP contribution in [0.5, 0.6) is 5.75 Å². The van der Waals surface area contributed by atoms with Crippen LogP contribution in [-0.2, 0) is 6.54 Å². The molecule has 3 aromatic rings. The largest absolute Gasteiger partial charge is 0.492 e. The fourth-order valence-corrected chi connectivity index (χ4v) is 5.84. The predicted molar refractivity (Wildman–Crippen MR) is 174 cm³/mol. The van der Waals surface area contributed by atoms with E-state index < -0.39 is 0 Å². The number of aromatic amines is 1. The molecule has 7 nitrogen and oxygen atoms in total. The molecule has 2 unspecified atom stereocenters. The van der Waals surface area contributed by atoms with Crippen molar-refractivity contribution in [2.45, 2.75) is 93.3 Å². The average molecular weight is 561 g/mol. The summed E-state index contributed by atoms with van der Waals surface area (Å²) in [7, 11) is 4.25. The molecule has 2 aliphatic rings. The van der Waals surface area contributed by atoms with Crippen LogP contribution in [0.15, 0.2) is 46.7 Å². The Kier molecular flexibility index (Phi) is 9.70. The molecule has 7 heteroatoms. The molecule has 1 aliphatic heterocycles. The van der Waals surface area contributed by atoms with Gasteiger partial charge in [0.1, 0.15) is 18.2 Å². The second-order valence-corrected chi connectivity index (χ2v) is 12.4. The highest BCUT2D eigenvalue weighted by Crippen LogP contribution is 2.42. The van der Waals surface area contributed by atoms with Crippen molar-refractivity contribution < 1.29 is 6.16 Å². The van der Waals surface area contributed by atoms with Gasteiger partial charge in [-0.3, -0.25) is 9.89 Å². The number of nitrogens with one attached hydrogen (secondary N) is 1. The summed E-state index contributed by atoms with van der Waals surface area (Å²) >= 11 is 0. The normalized spacial score (nSPS) is 19.2. The molecule has 0 bridgehead atoms. The summed E-state index contributed by atoms with van der Waals surface area (Å²) in [6.45, 7) is 19.9. The minimum atomic E-state index is 0. The summed E-state index contributed by atoms with van der Waals surface area (Å²) < 4.78 is 6.25. The van der Waals surface area contributed by atoms with Gasteiger partial charge in [0, 0.05) is 55.3 Å². The van der Waals surface area contributed by atoms with Crippen molar-refractivity contribution in [1.82, 2.24) is 24.8 Å². The molecule has 224 valence electrons. The number of allylic oxidation sites excluding steroid dienone is 1. The fourth-order valence-electron chi connectivity index (χ4n) is 5.84. The molecule has 3 heterocycles. The van der Waals surface area contributed by atoms with Gasteiger partial charge >= 0.3 is 0 Å². The Bertz CT molecular complexity index is 1420. The van der Waals surface area contributed by atoms with Crippen LogP contribution in [-0.4, -0.2) is 69.8 Å². The number of imidazole rings is 1. The number of pyridine rings is 1. The van der Waals surface area contributed by atoms with E-state index in [1.807, 2.05) is 27.0 Å². The molecule has 0 saturated heterocycles. The smallest absolute Gasteiger partial charge is 0.177 e. The van der Waals surface area contributed by atoms with E-state index in [9.17, 15) is 0 Å². The van der Waals surface area contributed by atoms with Crippen molar-refractivity contribution in [2.24, 2.45) is 10.4 Å². The zero-order chi connectivity index (χ0) is 29.9. The lowest BCUT2D eigenvalue weighted by Gasteiger charge is -2.38. The molecule has 1 N–H and O–H groups in total. The number of nitrogens with zero attached hydrogens (tertiary/aromatic N) is 5. The van der Waals surface area contributed by atoms with Gasteiger partial charge in [0.2, 0.25) is 0 Å². The molecule has 0 fully saturated rings. The molecule has 1 aromatic carbocycles. The standard InChI is InChI=1S/C32H44N6O.C2H6.H2/c1-20(21(2)37(7)8)34-28-11-12-32(5,6)17-27(28)22(3)38-13-14-39-30-10-9-24(15-26(30)19-38)25-16-29-31(33-18-25)36-23(4)35-29;1-2;/h9-10,15-16,18,21-22H,11-14,17,19H2,1-8H3,(H,33,35,36);1-2H3;1H. The van der Waals surface area contributed by atoms with Gasteiger partial charge in [-0.1, -0.05) is 33.8 Å². The minimum Gasteiger partial charge on any atom is -0.492 e. The SMILES string of the molecule is CC.CC(=NC1=C(C(C)N2CCOc3ccc(-c4cnc5nc(C)[nH]c5c4)cc3C2)CC(C)(C)CC1)C(C)N(C)C.[HH]. The molecule has 1 aliphatic carbocycles. The molecular weight excluding hydrogens is 508 g/mol. The Hall–Kier alpha value is -3.03. The third-order valence-corrected chi connectivity index (χ3v) is 8.68. The number of aromatic nitrogens is 3. The lowest BCUT2D eigenvalue weighted by molar-refractivity contribution is 0.182. The second-order valence-electron chi connectivity index (χ2n) is 12.4. The third-order valence-electron chi connectivity index (χ3n) is 8.68. The van der Waals surface area contributed by atoms with Gasteiger partial charge < -0.3 is 14.6 Å². The van der Waals surface area contributed by atoms with Crippen molar-refractivity contribution in [3.05, 3.63) is 53.1 Å². The van der Waals surface area contributed by atoms with Crippen LogP contribution >= 0.6 is 0 Å². The first-order valence-electron chi connectivity index (χ1n) is 15.3. The quantitative estimate of drug-likeness (QED) is 0.313. The molecule has 0 saturated carbocycles. The fraction of sp³-hybridized carbons (Fsp3) is 0.559. The van der Waals surface area contributed by atoms with Crippen molar-refractivity contribution >= 4 is 16.9 Å². The molecule has 41 heavy (non-hydrogen) atoms. The van der Waals surface area contributed by atoms with Gasteiger partial charge in [-0.25, -0.2) is 9.97 Å². The summed E-state index contributed by atoms with van der Waals surface area (Å²) in [5, 5.41) is 0. The number of rotatable bonds is 6. The first-order chi connectivity index (χ1) is 19.5. The highest BCUT2D eigenvalue weighted by atomic mass is 16.5. The average Bonchev–Trinajstić information content (AvgIpc) is 3.19. The van der Waals surface area contributed by atoms with E-state index in [-0.39, 0.29) is 12.9 Å². The molecular formula is C34H52N6O. The predicted octanol–water partition coefficient (Wildman–Crippen LogP) is 7.66. The molecule has 2 aromatic heterocycles. The summed E-state index contributed by atoms with van der Waals surface area (Å²) in [4.78, 5) is 22.4. The van der Waals surface area contributed by atoms with Crippen molar-refractivity contribution in [3.63, 3.8) is 0 Å². The topological polar surface area (TPSA) is 69.6 Å². The van der Waals surface area contributed by atoms with Crippen LogP contribution in [0.25, 0.3) is 22.3 Å². The van der Waals surface area contributed by atoms with Crippen molar-refractivity contribution in [2.75, 3.05) is 27.2 Å². The number of ether oxygens (including phenoxy) is 1. The van der Waals surface area contributed by atoms with Crippen LogP contribution < -0.4 is 4.74 Å². The maximum Gasteiger partial charge on any atom is 0.177 e. The number of H-pyrrole nitrogens is 1. The molecule has 0 radical (unpaired) electrons. The Morgan fingerprint density at radius 2 is 1.93 bits per heavy atom. The zero-order valence-electron chi connectivity index (χ0n) is 26.9. The molecule has 0 spiro atoms. The summed E-state index contributed by atoms with van der Waals surface area (Å²) in [6, 6.07) is 9.27. The van der Waals surface area contributed by atoms with Crippen LogP contribution in [0.1, 0.15) is 80.5 Å². The Balaban J connectivity index is 0.00000158. The Labute approximate surface area is 248 Å². The van der Waals surface area contributed by atoms with E-state index in [2.05, 4.69) is 97.7 Å². The zero-order valence-corrected chi connectivity index (χ0v) is 26.9. The second kappa shape index (κ2) is 12.9. The van der Waals surface area contributed by atoms with Crippen LogP contribution in [0.4, 0.5) is 0 Å². The Morgan fingerprint density at radius 1 is 1.17 bits per heavy atom. The Morgan fingerprint density at radius 3 is 2.66 bits per heavy atom. The van der Waals surface area contributed by atoms with Gasteiger partial charge in [-0.2, -0.15) is 0 Å². The first kappa shape index (κ1) is 30.9. The number of benzene rings is 1. The van der Waals surface area contributed by atoms with Gasteiger partial charge in [0.15, 0.2) is 5.65 Å². The maximum absolute atomic E-state index is 6.25. The van der Waals surface area contributed by atoms with E-state index in [1.54, 1.807) is 0 Å². The maximum atomic E-state index is 6.25. The summed E-state index contributed by atoms with van der Waals surface area (Å²) in [5.74, 6) is 1.86. The lowest BCUT2D eigenvalue weighted by Crippen LogP contribution is -2.38. The highest BCUT2D eigenvalue weighted by molar-refractivity contribution is 5.87. The number of hydrogen-bond donors (Lipinski definition) is 1. The van der Waals surface area contributed by atoms with Gasteiger partial charge in [-0.05, 0) is 95.8 Å². The third kappa shape index (κ3) is 7.07.